The molecule has 0 aliphatic rings. The number of nitrogens with one attached hydrogen (secondary N) is 2. The van der Waals surface area contributed by atoms with Crippen LogP contribution in [0.25, 0.3) is 0 Å². The first-order chi connectivity index (χ1) is 7.85. The van der Waals surface area contributed by atoms with E-state index < -0.39 is 24.4 Å². The van der Waals surface area contributed by atoms with E-state index in [2.05, 4.69) is 5.32 Å². The third-order valence-corrected chi connectivity index (χ3v) is 1.96. The fourth-order valence-corrected chi connectivity index (χ4v) is 1.24. The van der Waals surface area contributed by atoms with Crippen LogP contribution in [-0.2, 0) is 0 Å². The molecule has 1 aromatic carbocycles. The molecule has 17 heavy (non-hydrogen) atoms. The van der Waals surface area contributed by atoms with Gasteiger partial charge in [0, 0.05) is 7.05 Å². The summed E-state index contributed by atoms with van der Waals surface area (Å²) in [6.45, 7) is -1.45. The van der Waals surface area contributed by atoms with Crippen molar-refractivity contribution < 1.29 is 22.4 Å². The Morgan fingerprint density at radius 1 is 1.35 bits per heavy atom. The molecule has 1 rings (SSSR count). The summed E-state index contributed by atoms with van der Waals surface area (Å²) in [6.07, 6.45) is -4.50. The number of hydrogen-bond donors (Lipinski definition) is 2. The molecule has 0 heterocycles. The van der Waals surface area contributed by atoms with Crippen LogP contribution < -0.4 is 10.6 Å². The molecule has 0 aliphatic heterocycles. The molecule has 1 aromatic rings. The van der Waals surface area contributed by atoms with Gasteiger partial charge in [0.15, 0.2) is 0 Å². The molecule has 94 valence electrons. The average molecular weight is 250 g/mol. The molecule has 0 radical (unpaired) electrons. The van der Waals surface area contributed by atoms with Gasteiger partial charge in [0.1, 0.15) is 12.4 Å². The van der Waals surface area contributed by atoms with Gasteiger partial charge < -0.3 is 10.6 Å². The van der Waals surface area contributed by atoms with Crippen LogP contribution in [-0.4, -0.2) is 25.7 Å². The number of amides is 1. The number of alkyl halides is 3. The van der Waals surface area contributed by atoms with Gasteiger partial charge in [0.25, 0.3) is 5.91 Å². The Hall–Kier alpha value is -1.79. The molecule has 0 aromatic heterocycles. The number of halogens is 4. The van der Waals surface area contributed by atoms with Crippen molar-refractivity contribution in [2.75, 3.05) is 18.9 Å². The van der Waals surface area contributed by atoms with Crippen molar-refractivity contribution in [2.45, 2.75) is 6.18 Å². The lowest BCUT2D eigenvalue weighted by Gasteiger charge is -2.11. The number of anilines is 1. The van der Waals surface area contributed by atoms with Gasteiger partial charge in [-0.2, -0.15) is 13.2 Å². The van der Waals surface area contributed by atoms with Crippen LogP contribution in [0.4, 0.5) is 23.2 Å². The van der Waals surface area contributed by atoms with E-state index in [1.54, 1.807) is 5.32 Å². The van der Waals surface area contributed by atoms with Crippen LogP contribution in [0.15, 0.2) is 18.2 Å². The predicted octanol–water partition coefficient (Wildman–Crippen LogP) is 2.16. The molecule has 0 bridgehead atoms. The zero-order valence-corrected chi connectivity index (χ0v) is 8.86. The van der Waals surface area contributed by atoms with Gasteiger partial charge in [-0.15, -0.1) is 0 Å². The lowest BCUT2D eigenvalue weighted by molar-refractivity contribution is -0.123. The van der Waals surface area contributed by atoms with Gasteiger partial charge >= 0.3 is 6.18 Å². The van der Waals surface area contributed by atoms with Crippen LogP contribution in [0.5, 0.6) is 0 Å². The van der Waals surface area contributed by atoms with Gasteiger partial charge in [0.2, 0.25) is 0 Å². The summed E-state index contributed by atoms with van der Waals surface area (Å²) in [5.74, 6) is -1.68. The number of carbonyl (C=O) groups is 1. The van der Waals surface area contributed by atoms with E-state index >= 15 is 0 Å². The minimum atomic E-state index is -4.50. The lowest BCUT2D eigenvalue weighted by Crippen LogP contribution is -2.34. The summed E-state index contributed by atoms with van der Waals surface area (Å²) in [4.78, 5) is 11.4. The molecule has 0 saturated carbocycles. The normalized spacial score (nSPS) is 11.1. The van der Waals surface area contributed by atoms with Gasteiger partial charge in [-0.1, -0.05) is 6.07 Å². The minimum absolute atomic E-state index is 0.132. The maximum absolute atomic E-state index is 13.2. The fraction of sp³-hybridized carbons (Fsp3) is 0.300. The first kappa shape index (κ1) is 13.3. The Morgan fingerprint density at radius 3 is 2.53 bits per heavy atom. The largest absolute Gasteiger partial charge is 0.405 e. The molecule has 0 unspecified atom stereocenters. The quantitative estimate of drug-likeness (QED) is 0.807. The summed E-state index contributed by atoms with van der Waals surface area (Å²) in [5, 5.41) is 4.10. The van der Waals surface area contributed by atoms with Crippen molar-refractivity contribution in [3.8, 4) is 0 Å². The topological polar surface area (TPSA) is 41.1 Å². The Labute approximate surface area is 94.8 Å². The number of para-hydroxylation sites is 1. The van der Waals surface area contributed by atoms with E-state index in [0.717, 1.165) is 6.07 Å². The molecule has 1 amide bonds. The van der Waals surface area contributed by atoms with Crippen molar-refractivity contribution in [3.63, 3.8) is 0 Å². The van der Waals surface area contributed by atoms with E-state index in [1.165, 1.54) is 19.2 Å². The minimum Gasteiger partial charge on any atom is -0.385 e. The predicted molar refractivity (Wildman–Crippen MR) is 54.3 cm³/mol. The Bertz CT molecular complexity index is 417. The molecular formula is C10H10F4N2O. The van der Waals surface area contributed by atoms with Gasteiger partial charge in [-0.25, -0.2) is 4.39 Å². The van der Waals surface area contributed by atoms with Crippen molar-refractivity contribution >= 4 is 11.6 Å². The van der Waals surface area contributed by atoms with Gasteiger partial charge in [-0.3, -0.25) is 4.79 Å². The fourth-order valence-electron chi connectivity index (χ4n) is 1.24. The highest BCUT2D eigenvalue weighted by molar-refractivity contribution is 5.99. The zero-order chi connectivity index (χ0) is 13.1. The van der Waals surface area contributed by atoms with Gasteiger partial charge in [-0.05, 0) is 12.1 Å². The lowest BCUT2D eigenvalue weighted by atomic mass is 10.1. The molecular weight excluding hydrogens is 240 g/mol. The van der Waals surface area contributed by atoms with E-state index in [1.807, 2.05) is 0 Å². The van der Waals surface area contributed by atoms with E-state index in [0.29, 0.717) is 0 Å². The molecule has 0 fully saturated rings. The van der Waals surface area contributed by atoms with Crippen LogP contribution in [0.3, 0.4) is 0 Å². The molecule has 0 aliphatic carbocycles. The average Bonchev–Trinajstić information content (AvgIpc) is 2.24. The Morgan fingerprint density at radius 2 is 2.00 bits per heavy atom. The summed E-state index contributed by atoms with van der Waals surface area (Å²) >= 11 is 0. The Balaban J connectivity index is 2.86. The number of benzene rings is 1. The highest BCUT2D eigenvalue weighted by Crippen LogP contribution is 2.19. The van der Waals surface area contributed by atoms with Crippen LogP contribution in [0, 0.1) is 5.82 Å². The third kappa shape index (κ3) is 3.61. The zero-order valence-electron chi connectivity index (χ0n) is 8.86. The maximum atomic E-state index is 13.2. The SMILES string of the molecule is CNc1c(F)cccc1C(=O)NCC(F)(F)F. The number of rotatable bonds is 3. The summed E-state index contributed by atoms with van der Waals surface area (Å²) in [7, 11) is 1.37. The smallest absolute Gasteiger partial charge is 0.385 e. The second-order valence-electron chi connectivity index (χ2n) is 3.21. The maximum Gasteiger partial charge on any atom is 0.405 e. The van der Waals surface area contributed by atoms with Crippen molar-refractivity contribution in [2.24, 2.45) is 0 Å². The molecule has 0 atom stereocenters. The van der Waals surface area contributed by atoms with Crippen molar-refractivity contribution in [3.05, 3.63) is 29.6 Å². The van der Waals surface area contributed by atoms with Crippen LogP contribution in [0.1, 0.15) is 10.4 Å². The van der Waals surface area contributed by atoms with E-state index in [-0.39, 0.29) is 11.3 Å². The second-order valence-corrected chi connectivity index (χ2v) is 3.21. The summed E-state index contributed by atoms with van der Waals surface area (Å²) < 4.78 is 48.9. The molecule has 0 saturated heterocycles. The molecule has 7 heteroatoms. The summed E-state index contributed by atoms with van der Waals surface area (Å²) in [5.41, 5.74) is -0.302. The molecule has 3 nitrogen and oxygen atoms in total. The monoisotopic (exact) mass is 250 g/mol. The van der Waals surface area contributed by atoms with E-state index in [4.69, 9.17) is 0 Å². The number of hydrogen-bond acceptors (Lipinski definition) is 2. The molecule has 2 N–H and O–H groups in total. The van der Waals surface area contributed by atoms with Crippen LogP contribution >= 0.6 is 0 Å². The van der Waals surface area contributed by atoms with Crippen molar-refractivity contribution in [1.29, 1.82) is 0 Å². The second kappa shape index (κ2) is 5.03. The highest BCUT2D eigenvalue weighted by atomic mass is 19.4. The van der Waals surface area contributed by atoms with E-state index in [9.17, 15) is 22.4 Å². The first-order valence-electron chi connectivity index (χ1n) is 4.66. The van der Waals surface area contributed by atoms with Crippen molar-refractivity contribution in [1.82, 2.24) is 5.32 Å². The van der Waals surface area contributed by atoms with Gasteiger partial charge in [0.05, 0.1) is 11.3 Å². The highest BCUT2D eigenvalue weighted by Gasteiger charge is 2.28. The first-order valence-corrected chi connectivity index (χ1v) is 4.66. The standard InChI is InChI=1S/C10H10F4N2O/c1-15-8-6(3-2-4-7(8)11)9(17)16-5-10(12,13)14/h2-4,15H,5H2,1H3,(H,16,17). The third-order valence-electron chi connectivity index (χ3n) is 1.96. The molecule has 0 spiro atoms. The Kier molecular flexibility index (Phi) is 3.93. The van der Waals surface area contributed by atoms with Crippen LogP contribution in [0.2, 0.25) is 0 Å². The number of carbonyl (C=O) groups excluding carboxylic acids is 1. The summed E-state index contributed by atoms with van der Waals surface area (Å²) in [6, 6.07) is 3.59.